The fraction of sp³-hybridized carbons (Fsp3) is 0.406. The summed E-state index contributed by atoms with van der Waals surface area (Å²) in [5.41, 5.74) is 4.57. The number of fused-ring (bicyclic) bond motifs is 1. The molecule has 41 heavy (non-hydrogen) atoms. The Bertz CT molecular complexity index is 1660. The lowest BCUT2D eigenvalue weighted by Crippen LogP contribution is -2.40. The highest BCUT2D eigenvalue weighted by Crippen LogP contribution is 2.41. The van der Waals surface area contributed by atoms with Gasteiger partial charge in [0.1, 0.15) is 5.82 Å². The minimum absolute atomic E-state index is 0.0349. The zero-order chi connectivity index (χ0) is 28.8. The molecule has 1 amide bonds. The van der Waals surface area contributed by atoms with E-state index in [-0.39, 0.29) is 23.6 Å². The number of imidazole rings is 1. The highest BCUT2D eigenvalue weighted by molar-refractivity contribution is 5.95. The molecule has 2 aromatic carbocycles. The molecule has 1 saturated heterocycles. The van der Waals surface area contributed by atoms with Gasteiger partial charge in [0, 0.05) is 50.1 Å². The number of hydrogen-bond acceptors (Lipinski definition) is 4. The molecule has 4 aromatic rings. The smallest absolute Gasteiger partial charge is 0.253 e. The van der Waals surface area contributed by atoms with Gasteiger partial charge in [-0.1, -0.05) is 6.07 Å². The average Bonchev–Trinajstić information content (AvgIpc) is 3.35. The average molecular weight is 561 g/mol. The maximum absolute atomic E-state index is 14.3. The first-order valence-corrected chi connectivity index (χ1v) is 14.2. The van der Waals surface area contributed by atoms with Gasteiger partial charge < -0.3 is 18.8 Å². The van der Waals surface area contributed by atoms with Gasteiger partial charge in [-0.3, -0.25) is 9.59 Å². The third-order valence-electron chi connectivity index (χ3n) is 8.68. The molecular formula is C32H34F2N4O3. The Balaban J connectivity index is 1.50. The van der Waals surface area contributed by atoms with Crippen LogP contribution in [0, 0.1) is 18.6 Å². The summed E-state index contributed by atoms with van der Waals surface area (Å²) in [6.07, 6.45) is 7.39. The van der Waals surface area contributed by atoms with Crippen LogP contribution < -0.4 is 10.5 Å². The van der Waals surface area contributed by atoms with E-state index in [1.165, 1.54) is 6.07 Å². The Morgan fingerprint density at radius 1 is 0.927 bits per heavy atom. The summed E-state index contributed by atoms with van der Waals surface area (Å²) in [5, 5.41) is 0. The molecule has 214 valence electrons. The number of aryl methyl sites for hydroxylation is 2. The SMILES string of the molecule is COC1CCC(n2c([C@@H]3CCCC(=O)N3c3ccc(F)c(F)c3)nc3cc(-c4cc(C)c(=O)n(C)c4)ccc32)CC1. The van der Waals surface area contributed by atoms with Crippen LogP contribution in [0.4, 0.5) is 14.5 Å². The molecule has 0 spiro atoms. The fourth-order valence-electron chi connectivity index (χ4n) is 6.56. The molecule has 3 heterocycles. The predicted molar refractivity (Wildman–Crippen MR) is 154 cm³/mol. The van der Waals surface area contributed by atoms with E-state index in [1.807, 2.05) is 24.4 Å². The van der Waals surface area contributed by atoms with E-state index in [1.54, 1.807) is 30.5 Å². The number of aromatic nitrogens is 3. The molecule has 0 N–H and O–H groups in total. The summed E-state index contributed by atoms with van der Waals surface area (Å²) in [6.45, 7) is 1.81. The first-order valence-electron chi connectivity index (χ1n) is 14.2. The van der Waals surface area contributed by atoms with Crippen LogP contribution >= 0.6 is 0 Å². The van der Waals surface area contributed by atoms with Gasteiger partial charge in [0.05, 0.1) is 23.2 Å². The van der Waals surface area contributed by atoms with Gasteiger partial charge in [-0.2, -0.15) is 0 Å². The number of piperidine rings is 1. The summed E-state index contributed by atoms with van der Waals surface area (Å²) in [6, 6.07) is 11.4. The van der Waals surface area contributed by atoms with Crippen molar-refractivity contribution in [3.63, 3.8) is 0 Å². The van der Waals surface area contributed by atoms with Crippen molar-refractivity contribution in [2.75, 3.05) is 12.0 Å². The van der Waals surface area contributed by atoms with Crippen molar-refractivity contribution in [2.45, 2.75) is 70.1 Å². The number of anilines is 1. The molecule has 9 heteroatoms. The van der Waals surface area contributed by atoms with E-state index in [0.717, 1.165) is 65.8 Å². The Kier molecular flexibility index (Phi) is 7.23. The summed E-state index contributed by atoms with van der Waals surface area (Å²) in [5.74, 6) is -1.30. The van der Waals surface area contributed by atoms with Crippen molar-refractivity contribution in [1.82, 2.24) is 14.1 Å². The standard InChI is InChI=1S/C32H34F2N4O3/c1-19-15-21(18-36(2)32(19)40)20-7-14-28-27(16-20)35-31(38(28)22-8-11-24(41-3)12-9-22)29-5-4-6-30(39)37(29)23-10-13-25(33)26(34)17-23/h7,10,13-18,22,24,29H,4-6,8-9,11-12H2,1-3H3/t22?,24?,29-/m0/s1. The Morgan fingerprint density at radius 2 is 1.71 bits per heavy atom. The molecule has 6 rings (SSSR count). The maximum atomic E-state index is 14.3. The molecule has 1 aliphatic carbocycles. The largest absolute Gasteiger partial charge is 0.381 e. The van der Waals surface area contributed by atoms with Gasteiger partial charge in [-0.25, -0.2) is 13.8 Å². The third-order valence-corrected chi connectivity index (χ3v) is 8.68. The van der Waals surface area contributed by atoms with Crippen LogP contribution in [0.3, 0.4) is 0 Å². The predicted octanol–water partition coefficient (Wildman–Crippen LogP) is 6.38. The molecule has 0 unspecified atom stereocenters. The lowest BCUT2D eigenvalue weighted by Gasteiger charge is -2.37. The number of pyridine rings is 1. The summed E-state index contributed by atoms with van der Waals surface area (Å²) < 4.78 is 37.6. The second kappa shape index (κ2) is 10.9. The lowest BCUT2D eigenvalue weighted by atomic mass is 9.91. The van der Waals surface area contributed by atoms with Crippen LogP contribution in [-0.4, -0.2) is 33.2 Å². The number of rotatable bonds is 5. The lowest BCUT2D eigenvalue weighted by molar-refractivity contribution is -0.120. The van der Waals surface area contributed by atoms with Gasteiger partial charge in [0.25, 0.3) is 5.56 Å². The summed E-state index contributed by atoms with van der Waals surface area (Å²) >= 11 is 0. The first-order chi connectivity index (χ1) is 19.7. The molecule has 0 radical (unpaired) electrons. The van der Waals surface area contributed by atoms with Crippen LogP contribution in [0.2, 0.25) is 0 Å². The summed E-state index contributed by atoms with van der Waals surface area (Å²) in [4.78, 5) is 32.4. The molecule has 2 aromatic heterocycles. The number of carbonyl (C=O) groups excluding carboxylic acids is 1. The van der Waals surface area contributed by atoms with E-state index in [4.69, 9.17) is 9.72 Å². The highest BCUT2D eigenvalue weighted by atomic mass is 19.2. The Labute approximate surface area is 237 Å². The first kappa shape index (κ1) is 27.3. The molecule has 2 fully saturated rings. The van der Waals surface area contributed by atoms with Gasteiger partial charge in [-0.05, 0) is 86.9 Å². The second-order valence-electron chi connectivity index (χ2n) is 11.3. The van der Waals surface area contributed by atoms with Crippen molar-refractivity contribution in [2.24, 2.45) is 7.05 Å². The van der Waals surface area contributed by atoms with Crippen LogP contribution in [0.1, 0.15) is 68.4 Å². The number of methoxy groups -OCH3 is 1. The number of nitrogens with zero attached hydrogens (tertiary/aromatic N) is 4. The van der Waals surface area contributed by atoms with Crippen molar-refractivity contribution in [3.05, 3.63) is 82.0 Å². The van der Waals surface area contributed by atoms with E-state index in [2.05, 4.69) is 10.6 Å². The van der Waals surface area contributed by atoms with Gasteiger partial charge in [-0.15, -0.1) is 0 Å². The van der Waals surface area contributed by atoms with Gasteiger partial charge >= 0.3 is 0 Å². The third kappa shape index (κ3) is 4.96. The van der Waals surface area contributed by atoms with Gasteiger partial charge in [0.15, 0.2) is 11.6 Å². The zero-order valence-electron chi connectivity index (χ0n) is 23.6. The van der Waals surface area contributed by atoms with Crippen LogP contribution in [0.25, 0.3) is 22.2 Å². The number of hydrogen-bond donors (Lipinski definition) is 0. The van der Waals surface area contributed by atoms with Crippen molar-refractivity contribution >= 4 is 22.6 Å². The molecule has 0 bridgehead atoms. The van der Waals surface area contributed by atoms with Crippen LogP contribution in [-0.2, 0) is 16.6 Å². The Morgan fingerprint density at radius 3 is 2.41 bits per heavy atom. The van der Waals surface area contributed by atoms with Gasteiger partial charge in [0.2, 0.25) is 5.91 Å². The molecule has 1 saturated carbocycles. The number of ether oxygens (including phenoxy) is 1. The minimum Gasteiger partial charge on any atom is -0.381 e. The molecular weight excluding hydrogens is 526 g/mol. The van der Waals surface area contributed by atoms with Crippen LogP contribution in [0.15, 0.2) is 53.5 Å². The Hall–Kier alpha value is -3.85. The fourth-order valence-corrected chi connectivity index (χ4v) is 6.56. The summed E-state index contributed by atoms with van der Waals surface area (Å²) in [7, 11) is 3.49. The molecule has 1 aliphatic heterocycles. The van der Waals surface area contributed by atoms with E-state index < -0.39 is 17.7 Å². The molecule has 7 nitrogen and oxygen atoms in total. The number of amides is 1. The van der Waals surface area contributed by atoms with Crippen molar-refractivity contribution < 1.29 is 18.3 Å². The quantitative estimate of drug-likeness (QED) is 0.284. The van der Waals surface area contributed by atoms with Crippen LogP contribution in [0.5, 0.6) is 0 Å². The topological polar surface area (TPSA) is 69.4 Å². The normalized spacial score (nSPS) is 21.5. The molecule has 2 aliphatic rings. The maximum Gasteiger partial charge on any atom is 0.253 e. The minimum atomic E-state index is -0.983. The van der Waals surface area contributed by atoms with E-state index in [0.29, 0.717) is 30.5 Å². The van der Waals surface area contributed by atoms with E-state index in [9.17, 15) is 18.4 Å². The second-order valence-corrected chi connectivity index (χ2v) is 11.3. The van der Waals surface area contributed by atoms with Crippen molar-refractivity contribution in [1.29, 1.82) is 0 Å². The molecule has 1 atom stereocenters. The highest BCUT2D eigenvalue weighted by Gasteiger charge is 2.36. The number of benzene rings is 2. The zero-order valence-corrected chi connectivity index (χ0v) is 23.6. The number of halogens is 2. The van der Waals surface area contributed by atoms with E-state index >= 15 is 0 Å². The monoisotopic (exact) mass is 560 g/mol. The van der Waals surface area contributed by atoms with Crippen molar-refractivity contribution in [3.8, 4) is 11.1 Å². The number of carbonyl (C=O) groups is 1.